The molecule has 76 heavy (non-hydrogen) atoms. The third kappa shape index (κ3) is 60.9. The van der Waals surface area contributed by atoms with E-state index in [0.29, 0.717) is 17.4 Å². The fourth-order valence-corrected chi connectivity index (χ4v) is 11.4. The summed E-state index contributed by atoms with van der Waals surface area (Å²) in [6, 6.07) is -0.843. The molecule has 0 saturated heterocycles. The number of likely N-dealkylation sites (N-methyl/N-ethyl adjacent to an activating group) is 1. The Morgan fingerprint density at radius 2 is 0.697 bits per heavy atom. The minimum Gasteiger partial charge on any atom is -0.387 e. The van der Waals surface area contributed by atoms with Crippen molar-refractivity contribution in [1.29, 1.82) is 0 Å². The van der Waals surface area contributed by atoms with Crippen LogP contribution in [0.3, 0.4) is 0 Å². The van der Waals surface area contributed by atoms with Gasteiger partial charge in [0, 0.05) is 6.42 Å². The highest BCUT2D eigenvalue weighted by Crippen LogP contribution is 2.43. The van der Waals surface area contributed by atoms with E-state index in [9.17, 15) is 19.4 Å². The summed E-state index contributed by atoms with van der Waals surface area (Å²) in [5, 5.41) is 14.0. The van der Waals surface area contributed by atoms with Crippen molar-refractivity contribution in [2.24, 2.45) is 0 Å². The lowest BCUT2D eigenvalue weighted by molar-refractivity contribution is -0.870. The number of hydrogen-bond donors (Lipinski definition) is 3. The quantitative estimate of drug-likeness (QED) is 0.0243. The summed E-state index contributed by atoms with van der Waals surface area (Å²) in [6.07, 6.45) is 75.0. The van der Waals surface area contributed by atoms with Gasteiger partial charge in [0.1, 0.15) is 13.2 Å². The van der Waals surface area contributed by atoms with Gasteiger partial charge in [-0.25, -0.2) is 4.57 Å². The van der Waals surface area contributed by atoms with Crippen molar-refractivity contribution in [2.75, 3.05) is 40.9 Å². The summed E-state index contributed by atoms with van der Waals surface area (Å²) < 4.78 is 23.8. The van der Waals surface area contributed by atoms with Crippen LogP contribution in [0, 0.1) is 0 Å². The number of nitrogens with zero attached hydrogens (tertiary/aromatic N) is 1. The van der Waals surface area contributed by atoms with Gasteiger partial charge in [-0.1, -0.05) is 347 Å². The molecule has 0 rings (SSSR count). The number of aliphatic hydroxyl groups is 1. The van der Waals surface area contributed by atoms with Crippen LogP contribution in [0.1, 0.15) is 361 Å². The average Bonchev–Trinajstić information content (AvgIpc) is 3.38. The van der Waals surface area contributed by atoms with E-state index < -0.39 is 20.0 Å². The molecule has 0 aliphatic heterocycles. The number of carbonyl (C=O) groups excluding carboxylic acids is 1. The summed E-state index contributed by atoms with van der Waals surface area (Å²) in [4.78, 5) is 23.4. The molecule has 0 spiro atoms. The van der Waals surface area contributed by atoms with Gasteiger partial charge in [-0.3, -0.25) is 13.8 Å². The van der Waals surface area contributed by atoms with E-state index in [2.05, 4.69) is 19.2 Å². The number of hydrogen-bond acceptors (Lipinski definition) is 5. The number of phosphoric acid groups is 1. The van der Waals surface area contributed by atoms with E-state index in [1.54, 1.807) is 6.08 Å². The Kier molecular flexibility index (Phi) is 58.3. The van der Waals surface area contributed by atoms with Crippen LogP contribution in [0.25, 0.3) is 0 Å². The molecule has 0 aliphatic carbocycles. The van der Waals surface area contributed by atoms with Crippen molar-refractivity contribution in [1.82, 2.24) is 5.32 Å². The molecule has 1 amide bonds. The molecule has 0 aromatic heterocycles. The van der Waals surface area contributed by atoms with Crippen LogP contribution in [0.4, 0.5) is 0 Å². The summed E-state index contributed by atoms with van der Waals surface area (Å²) in [6.45, 7) is 4.88. The monoisotopic (exact) mass is 1100 g/mol. The molecule has 8 nitrogen and oxygen atoms in total. The zero-order valence-corrected chi connectivity index (χ0v) is 52.9. The predicted octanol–water partition coefficient (Wildman–Crippen LogP) is 21.3. The molecule has 9 heteroatoms. The van der Waals surface area contributed by atoms with Crippen LogP contribution in [-0.4, -0.2) is 73.4 Å². The van der Waals surface area contributed by atoms with Gasteiger partial charge in [0.25, 0.3) is 0 Å². The number of phosphoric ester groups is 1. The van der Waals surface area contributed by atoms with Crippen LogP contribution in [-0.2, 0) is 18.4 Å². The number of allylic oxidation sites excluding steroid dienone is 1. The molecular weight excluding hydrogens is 960 g/mol. The number of quaternary nitrogens is 1. The largest absolute Gasteiger partial charge is 0.472 e. The Morgan fingerprint density at radius 1 is 0.434 bits per heavy atom. The topological polar surface area (TPSA) is 105 Å². The van der Waals surface area contributed by atoms with E-state index in [4.69, 9.17) is 9.05 Å². The fraction of sp³-hybridized carbons (Fsp3) is 0.955. The molecule has 0 heterocycles. The zero-order chi connectivity index (χ0) is 55.6. The first-order valence-corrected chi connectivity index (χ1v) is 35.6. The van der Waals surface area contributed by atoms with Crippen molar-refractivity contribution in [3.8, 4) is 0 Å². The molecule has 3 N–H and O–H groups in total. The number of aliphatic hydroxyl groups excluding tert-OH is 1. The van der Waals surface area contributed by atoms with Gasteiger partial charge in [-0.05, 0) is 19.3 Å². The molecule has 0 fully saturated rings. The molecule has 0 aromatic rings. The average molecular weight is 1100 g/mol. The molecule has 0 aliphatic rings. The summed E-state index contributed by atoms with van der Waals surface area (Å²) >= 11 is 0. The maximum absolute atomic E-state index is 13.0. The predicted molar refractivity (Wildman–Crippen MR) is 332 cm³/mol. The molecular formula is C67H136N2O6P+. The lowest BCUT2D eigenvalue weighted by Gasteiger charge is -2.25. The van der Waals surface area contributed by atoms with E-state index in [-0.39, 0.29) is 19.1 Å². The SMILES string of the molecule is CCCCCCCCCCCCCCCCCCCCC/C=C/C(O)C(COP(=O)(O)OCC[N+](C)(C)C)NC(=O)CCCCCCCCCCCCCCCCCCCCCCCCCCCCCCCCCCC. The third-order valence-corrected chi connectivity index (χ3v) is 17.0. The molecule has 3 atom stereocenters. The van der Waals surface area contributed by atoms with E-state index >= 15 is 0 Å². The lowest BCUT2D eigenvalue weighted by Crippen LogP contribution is -2.45. The van der Waals surface area contributed by atoms with Gasteiger partial charge < -0.3 is 19.8 Å². The smallest absolute Gasteiger partial charge is 0.387 e. The van der Waals surface area contributed by atoms with Gasteiger partial charge in [0.05, 0.1) is 39.9 Å². The molecule has 3 unspecified atom stereocenters. The van der Waals surface area contributed by atoms with Crippen LogP contribution < -0.4 is 5.32 Å². The molecule has 0 saturated carbocycles. The van der Waals surface area contributed by atoms with Crippen LogP contribution in [0.5, 0.6) is 0 Å². The second kappa shape index (κ2) is 58.9. The normalized spacial score (nSPS) is 13.7. The molecule has 0 aromatic carbocycles. The van der Waals surface area contributed by atoms with Crippen molar-refractivity contribution >= 4 is 13.7 Å². The van der Waals surface area contributed by atoms with Gasteiger partial charge in [-0.2, -0.15) is 0 Å². The molecule has 454 valence electrons. The number of amides is 1. The first-order chi connectivity index (χ1) is 37.0. The highest BCUT2D eigenvalue weighted by atomic mass is 31.2. The fourth-order valence-electron chi connectivity index (χ4n) is 10.7. The van der Waals surface area contributed by atoms with E-state index in [1.807, 2.05) is 27.2 Å². The first-order valence-electron chi connectivity index (χ1n) is 34.1. The van der Waals surface area contributed by atoms with Gasteiger partial charge >= 0.3 is 7.82 Å². The molecule has 0 radical (unpaired) electrons. The standard InChI is InChI=1S/C67H135N2O6P/c1-6-8-10-12-14-16-18-20-22-24-26-28-29-30-31-32-33-34-35-36-37-38-39-41-43-45-47-49-51-53-55-57-59-61-67(71)68-65(64-75-76(72,73)74-63-62-69(3,4)5)66(70)60-58-56-54-52-50-48-46-44-42-40-27-25-23-21-19-17-15-13-11-9-7-2/h58,60,65-66,70H,6-57,59,61-64H2,1-5H3,(H-,68,71,72,73)/p+1/b60-58+. The maximum atomic E-state index is 13.0. The number of rotatable bonds is 64. The van der Waals surface area contributed by atoms with Gasteiger partial charge in [-0.15, -0.1) is 0 Å². The second-order valence-corrected chi connectivity index (χ2v) is 26.4. The summed E-state index contributed by atoms with van der Waals surface area (Å²) in [7, 11) is 1.59. The van der Waals surface area contributed by atoms with Crippen LogP contribution in [0.2, 0.25) is 0 Å². The van der Waals surface area contributed by atoms with Crippen molar-refractivity contribution in [3.05, 3.63) is 12.2 Å². The minimum absolute atomic E-state index is 0.0654. The van der Waals surface area contributed by atoms with Crippen molar-refractivity contribution < 1.29 is 32.9 Å². The summed E-state index contributed by atoms with van der Waals surface area (Å²) in [5.74, 6) is -0.167. The maximum Gasteiger partial charge on any atom is 0.472 e. The number of nitrogens with one attached hydrogen (secondary N) is 1. The van der Waals surface area contributed by atoms with Crippen molar-refractivity contribution in [3.63, 3.8) is 0 Å². The van der Waals surface area contributed by atoms with Gasteiger partial charge in [0.2, 0.25) is 5.91 Å². The Morgan fingerprint density at radius 3 is 0.974 bits per heavy atom. The third-order valence-electron chi connectivity index (χ3n) is 16.0. The number of unbranched alkanes of at least 4 members (excludes halogenated alkanes) is 51. The Bertz CT molecular complexity index is 1240. The zero-order valence-electron chi connectivity index (χ0n) is 52.0. The Hall–Kier alpha value is -0.760. The highest BCUT2D eigenvalue weighted by Gasteiger charge is 2.28. The number of carbonyl (C=O) groups is 1. The van der Waals surface area contributed by atoms with Crippen LogP contribution in [0.15, 0.2) is 12.2 Å². The van der Waals surface area contributed by atoms with Crippen LogP contribution >= 0.6 is 7.82 Å². The lowest BCUT2D eigenvalue weighted by atomic mass is 10.0. The van der Waals surface area contributed by atoms with Crippen molar-refractivity contribution in [2.45, 2.75) is 373 Å². The summed E-state index contributed by atoms with van der Waals surface area (Å²) in [5.41, 5.74) is 0. The Balaban J connectivity index is 3.99. The van der Waals surface area contributed by atoms with E-state index in [1.165, 1.54) is 308 Å². The minimum atomic E-state index is -4.35. The Labute approximate surface area is 475 Å². The second-order valence-electron chi connectivity index (χ2n) is 24.9. The van der Waals surface area contributed by atoms with E-state index in [0.717, 1.165) is 32.1 Å². The van der Waals surface area contributed by atoms with Gasteiger partial charge in [0.15, 0.2) is 0 Å². The first kappa shape index (κ1) is 75.2. The highest BCUT2D eigenvalue weighted by molar-refractivity contribution is 7.47. The molecule has 0 bridgehead atoms.